The predicted molar refractivity (Wildman–Crippen MR) is 76.2 cm³/mol. The summed E-state index contributed by atoms with van der Waals surface area (Å²) in [6.07, 6.45) is 2.51. The first-order valence-electron chi connectivity index (χ1n) is 7.09. The summed E-state index contributed by atoms with van der Waals surface area (Å²) in [5.41, 5.74) is 0.588. The maximum Gasteiger partial charge on any atom is 0.299 e. The molecule has 0 aliphatic carbocycles. The summed E-state index contributed by atoms with van der Waals surface area (Å²) in [6.45, 7) is 5.97. The molecule has 6 heteroatoms. The number of hydrogen-bond donors (Lipinski definition) is 1. The van der Waals surface area contributed by atoms with Gasteiger partial charge in [-0.1, -0.05) is 0 Å². The van der Waals surface area contributed by atoms with Crippen molar-refractivity contribution in [2.24, 2.45) is 0 Å². The molecule has 1 aliphatic rings. The number of aromatic nitrogens is 2. The van der Waals surface area contributed by atoms with Gasteiger partial charge in [0.2, 0.25) is 0 Å². The van der Waals surface area contributed by atoms with E-state index in [2.05, 4.69) is 17.2 Å². The van der Waals surface area contributed by atoms with Crippen LogP contribution in [0, 0.1) is 6.92 Å². The van der Waals surface area contributed by atoms with Crippen LogP contribution in [0.25, 0.3) is 0 Å². The third-order valence-corrected chi connectivity index (χ3v) is 3.61. The number of nitrogens with one attached hydrogen (secondary N) is 1. The minimum absolute atomic E-state index is 0.0825. The highest BCUT2D eigenvalue weighted by Crippen LogP contribution is 2.15. The van der Waals surface area contributed by atoms with E-state index in [0.717, 1.165) is 19.4 Å². The molecule has 1 aliphatic heterocycles. The van der Waals surface area contributed by atoms with Gasteiger partial charge in [-0.3, -0.25) is 9.36 Å². The van der Waals surface area contributed by atoms with Crippen molar-refractivity contribution in [3.8, 4) is 6.01 Å². The summed E-state index contributed by atoms with van der Waals surface area (Å²) in [6, 6.07) is 2.17. The lowest BCUT2D eigenvalue weighted by Crippen LogP contribution is -2.39. The SMILES string of the molecule is COc1nc(C)cc(=O)n1CCNC(C)C1CCCO1. The van der Waals surface area contributed by atoms with Crippen LogP contribution in [0.15, 0.2) is 10.9 Å². The topological polar surface area (TPSA) is 65.4 Å². The van der Waals surface area contributed by atoms with Crippen LogP contribution in [0.5, 0.6) is 6.01 Å². The second-order valence-corrected chi connectivity index (χ2v) is 5.17. The Bertz CT molecular complexity index is 495. The molecule has 0 amide bonds. The Morgan fingerprint density at radius 1 is 1.65 bits per heavy atom. The summed E-state index contributed by atoms with van der Waals surface area (Å²) in [5, 5.41) is 3.40. The van der Waals surface area contributed by atoms with Gasteiger partial charge < -0.3 is 14.8 Å². The van der Waals surface area contributed by atoms with E-state index in [4.69, 9.17) is 9.47 Å². The van der Waals surface area contributed by atoms with E-state index in [0.29, 0.717) is 24.8 Å². The van der Waals surface area contributed by atoms with Crippen LogP contribution in [0.2, 0.25) is 0 Å². The van der Waals surface area contributed by atoms with Crippen molar-refractivity contribution in [1.29, 1.82) is 0 Å². The third kappa shape index (κ3) is 3.58. The Hall–Kier alpha value is -1.40. The molecule has 0 bridgehead atoms. The second-order valence-electron chi connectivity index (χ2n) is 5.17. The Labute approximate surface area is 119 Å². The molecule has 0 saturated carbocycles. The first-order valence-corrected chi connectivity index (χ1v) is 7.09. The monoisotopic (exact) mass is 281 g/mol. The van der Waals surface area contributed by atoms with Crippen molar-refractivity contribution in [3.63, 3.8) is 0 Å². The fourth-order valence-electron chi connectivity index (χ4n) is 2.49. The number of aryl methyl sites for hydroxylation is 1. The average molecular weight is 281 g/mol. The number of ether oxygens (including phenoxy) is 2. The van der Waals surface area contributed by atoms with Crippen LogP contribution in [-0.4, -0.2) is 42.0 Å². The van der Waals surface area contributed by atoms with Gasteiger partial charge in [0.1, 0.15) is 0 Å². The Balaban J connectivity index is 1.92. The fraction of sp³-hybridized carbons (Fsp3) is 0.714. The Morgan fingerprint density at radius 3 is 3.10 bits per heavy atom. The van der Waals surface area contributed by atoms with Crippen molar-refractivity contribution in [2.75, 3.05) is 20.3 Å². The predicted octanol–water partition coefficient (Wildman–Crippen LogP) is 0.717. The van der Waals surface area contributed by atoms with Crippen LogP contribution in [-0.2, 0) is 11.3 Å². The molecule has 2 unspecified atom stereocenters. The van der Waals surface area contributed by atoms with E-state index in [1.54, 1.807) is 11.5 Å². The average Bonchev–Trinajstić information content (AvgIpc) is 2.94. The Morgan fingerprint density at radius 2 is 2.45 bits per heavy atom. The standard InChI is InChI=1S/C14H23N3O3/c1-10-9-13(18)17(14(16-10)19-3)7-6-15-11(2)12-5-4-8-20-12/h9,11-12,15H,4-8H2,1-3H3. The first-order chi connectivity index (χ1) is 9.61. The maximum absolute atomic E-state index is 11.9. The van der Waals surface area contributed by atoms with Crippen molar-refractivity contribution in [1.82, 2.24) is 14.9 Å². The van der Waals surface area contributed by atoms with Gasteiger partial charge in [-0.2, -0.15) is 0 Å². The molecule has 0 spiro atoms. The number of methoxy groups -OCH3 is 1. The van der Waals surface area contributed by atoms with Crippen LogP contribution >= 0.6 is 0 Å². The van der Waals surface area contributed by atoms with Gasteiger partial charge in [0.25, 0.3) is 11.6 Å². The van der Waals surface area contributed by atoms with Crippen molar-refractivity contribution in [2.45, 2.75) is 45.4 Å². The lowest BCUT2D eigenvalue weighted by Gasteiger charge is -2.20. The highest BCUT2D eigenvalue weighted by Gasteiger charge is 2.21. The van der Waals surface area contributed by atoms with Crippen LogP contribution in [0.3, 0.4) is 0 Å². The highest BCUT2D eigenvalue weighted by atomic mass is 16.5. The lowest BCUT2D eigenvalue weighted by atomic mass is 10.1. The Kier molecular flexibility index (Phi) is 5.14. The number of nitrogens with zero attached hydrogens (tertiary/aromatic N) is 2. The summed E-state index contributed by atoms with van der Waals surface area (Å²) in [5.74, 6) is 0. The first kappa shape index (κ1) is 15.0. The van der Waals surface area contributed by atoms with Crippen molar-refractivity contribution < 1.29 is 9.47 Å². The normalized spacial score (nSPS) is 20.1. The van der Waals surface area contributed by atoms with E-state index in [1.807, 2.05) is 0 Å². The quantitative estimate of drug-likeness (QED) is 0.832. The van der Waals surface area contributed by atoms with E-state index in [-0.39, 0.29) is 17.7 Å². The minimum Gasteiger partial charge on any atom is -0.468 e. The number of hydrogen-bond acceptors (Lipinski definition) is 5. The van der Waals surface area contributed by atoms with Crippen LogP contribution in [0.4, 0.5) is 0 Å². The maximum atomic E-state index is 11.9. The van der Waals surface area contributed by atoms with Crippen LogP contribution < -0.4 is 15.6 Å². The van der Waals surface area contributed by atoms with Gasteiger partial charge in [0, 0.05) is 37.5 Å². The molecule has 1 aromatic heterocycles. The molecule has 1 aromatic rings. The molecule has 20 heavy (non-hydrogen) atoms. The molecule has 2 heterocycles. The molecule has 6 nitrogen and oxygen atoms in total. The van der Waals surface area contributed by atoms with Crippen molar-refractivity contribution >= 4 is 0 Å². The molecule has 1 saturated heterocycles. The molecule has 0 radical (unpaired) electrons. The minimum atomic E-state index is -0.0825. The van der Waals surface area contributed by atoms with Gasteiger partial charge >= 0.3 is 0 Å². The smallest absolute Gasteiger partial charge is 0.299 e. The zero-order chi connectivity index (χ0) is 14.5. The largest absolute Gasteiger partial charge is 0.468 e. The van der Waals surface area contributed by atoms with E-state index >= 15 is 0 Å². The summed E-state index contributed by atoms with van der Waals surface area (Å²) >= 11 is 0. The number of rotatable bonds is 6. The lowest BCUT2D eigenvalue weighted by molar-refractivity contribution is 0.0834. The molecule has 112 valence electrons. The van der Waals surface area contributed by atoms with E-state index in [9.17, 15) is 4.79 Å². The second kappa shape index (κ2) is 6.85. The molecule has 2 atom stereocenters. The van der Waals surface area contributed by atoms with Gasteiger partial charge in [-0.15, -0.1) is 0 Å². The summed E-state index contributed by atoms with van der Waals surface area (Å²) in [7, 11) is 1.53. The van der Waals surface area contributed by atoms with E-state index < -0.39 is 0 Å². The summed E-state index contributed by atoms with van der Waals surface area (Å²) in [4.78, 5) is 16.2. The zero-order valence-corrected chi connectivity index (χ0v) is 12.4. The molecule has 1 fully saturated rings. The molecule has 1 N–H and O–H groups in total. The fourth-order valence-corrected chi connectivity index (χ4v) is 2.49. The molecule has 0 aromatic carbocycles. The molecular formula is C14H23N3O3. The van der Waals surface area contributed by atoms with Gasteiger partial charge in [-0.05, 0) is 26.7 Å². The van der Waals surface area contributed by atoms with Crippen LogP contribution in [0.1, 0.15) is 25.5 Å². The van der Waals surface area contributed by atoms with E-state index in [1.165, 1.54) is 13.2 Å². The molecular weight excluding hydrogens is 258 g/mol. The summed E-state index contributed by atoms with van der Waals surface area (Å²) < 4.78 is 12.3. The van der Waals surface area contributed by atoms with Gasteiger partial charge in [0.15, 0.2) is 0 Å². The van der Waals surface area contributed by atoms with Gasteiger partial charge in [-0.25, -0.2) is 4.98 Å². The molecule has 2 rings (SSSR count). The van der Waals surface area contributed by atoms with Gasteiger partial charge in [0.05, 0.1) is 13.2 Å². The van der Waals surface area contributed by atoms with Crippen molar-refractivity contribution in [3.05, 3.63) is 22.1 Å². The highest BCUT2D eigenvalue weighted by molar-refractivity contribution is 5.06. The zero-order valence-electron chi connectivity index (χ0n) is 12.4. The third-order valence-electron chi connectivity index (χ3n) is 3.61.